The molecule has 1 aromatic rings. The molecular formula is C17H25F2N3O2. The molecule has 1 heterocycles. The standard InChI is InChI=1S/C17H25F2N3O2/c1-3-20-16(22-12-17(2)9-6-10-23-17)21-11-13-7-4-5-8-14(13)24-15(18)19/h4-5,7-8,15H,3,6,9-12H2,1-2H3,(H2,20,21,22). The maximum Gasteiger partial charge on any atom is 0.387 e. The van der Waals surface area contributed by atoms with Crippen molar-refractivity contribution in [2.45, 2.75) is 45.4 Å². The molecule has 7 heteroatoms. The molecule has 1 aromatic carbocycles. The monoisotopic (exact) mass is 341 g/mol. The largest absolute Gasteiger partial charge is 0.434 e. The first kappa shape index (κ1) is 18.4. The number of alkyl halides is 2. The van der Waals surface area contributed by atoms with Crippen LogP contribution in [0.15, 0.2) is 29.3 Å². The number of nitrogens with one attached hydrogen (secondary N) is 2. The second-order valence-electron chi connectivity index (χ2n) is 5.94. The van der Waals surface area contributed by atoms with Crippen molar-refractivity contribution in [3.63, 3.8) is 0 Å². The Morgan fingerprint density at radius 3 is 2.83 bits per heavy atom. The van der Waals surface area contributed by atoms with Crippen molar-refractivity contribution in [2.75, 3.05) is 19.7 Å². The molecule has 1 aliphatic rings. The Hall–Kier alpha value is -1.89. The number of rotatable bonds is 7. The molecule has 0 spiro atoms. The van der Waals surface area contributed by atoms with E-state index in [4.69, 9.17) is 4.74 Å². The first-order valence-electron chi connectivity index (χ1n) is 8.21. The summed E-state index contributed by atoms with van der Waals surface area (Å²) in [6.45, 7) is 3.58. The third-order valence-corrected chi connectivity index (χ3v) is 3.87. The summed E-state index contributed by atoms with van der Waals surface area (Å²) < 4.78 is 35.2. The smallest absolute Gasteiger partial charge is 0.387 e. The average molecular weight is 341 g/mol. The fraction of sp³-hybridized carbons (Fsp3) is 0.588. The highest BCUT2D eigenvalue weighted by atomic mass is 19.3. The SMILES string of the molecule is CCNC(=NCc1ccccc1OC(F)F)NCC1(C)CCCO1. The van der Waals surface area contributed by atoms with Gasteiger partial charge in [0.25, 0.3) is 0 Å². The van der Waals surface area contributed by atoms with Crippen LogP contribution in [0.1, 0.15) is 32.3 Å². The van der Waals surface area contributed by atoms with E-state index in [2.05, 4.69) is 27.3 Å². The molecule has 1 saturated heterocycles. The Labute approximate surface area is 141 Å². The summed E-state index contributed by atoms with van der Waals surface area (Å²) in [7, 11) is 0. The van der Waals surface area contributed by atoms with Gasteiger partial charge in [-0.15, -0.1) is 0 Å². The van der Waals surface area contributed by atoms with Gasteiger partial charge in [-0.25, -0.2) is 4.99 Å². The number of benzene rings is 1. The lowest BCUT2D eigenvalue weighted by Gasteiger charge is -2.24. The Morgan fingerprint density at radius 2 is 2.17 bits per heavy atom. The third-order valence-electron chi connectivity index (χ3n) is 3.87. The van der Waals surface area contributed by atoms with Crippen molar-refractivity contribution in [3.05, 3.63) is 29.8 Å². The highest BCUT2D eigenvalue weighted by Crippen LogP contribution is 2.24. The number of guanidine groups is 1. The topological polar surface area (TPSA) is 54.9 Å². The molecule has 1 fully saturated rings. The van der Waals surface area contributed by atoms with Crippen molar-refractivity contribution in [1.82, 2.24) is 10.6 Å². The summed E-state index contributed by atoms with van der Waals surface area (Å²) in [5, 5.41) is 6.41. The van der Waals surface area contributed by atoms with E-state index in [1.807, 2.05) is 6.92 Å². The van der Waals surface area contributed by atoms with Crippen LogP contribution < -0.4 is 15.4 Å². The van der Waals surface area contributed by atoms with Gasteiger partial charge in [-0.3, -0.25) is 0 Å². The van der Waals surface area contributed by atoms with Crippen LogP contribution in [0.2, 0.25) is 0 Å². The number of aliphatic imine (C=N–C) groups is 1. The Balaban J connectivity index is 2.00. The molecule has 0 saturated carbocycles. The van der Waals surface area contributed by atoms with Crippen LogP contribution in [0, 0.1) is 0 Å². The predicted molar refractivity (Wildman–Crippen MR) is 89.5 cm³/mol. The summed E-state index contributed by atoms with van der Waals surface area (Å²) in [5.41, 5.74) is 0.422. The lowest BCUT2D eigenvalue weighted by molar-refractivity contribution is -0.0504. The number of nitrogens with zero attached hydrogens (tertiary/aromatic N) is 1. The Kier molecular flexibility index (Phi) is 6.78. The fourth-order valence-corrected chi connectivity index (χ4v) is 2.60. The molecule has 0 aliphatic carbocycles. The van der Waals surface area contributed by atoms with Crippen LogP contribution in [0.4, 0.5) is 8.78 Å². The van der Waals surface area contributed by atoms with Crippen molar-refractivity contribution in [3.8, 4) is 5.75 Å². The van der Waals surface area contributed by atoms with E-state index in [1.54, 1.807) is 18.2 Å². The number of hydrogen-bond donors (Lipinski definition) is 2. The Bertz CT molecular complexity index is 546. The molecule has 24 heavy (non-hydrogen) atoms. The van der Waals surface area contributed by atoms with Gasteiger partial charge in [-0.2, -0.15) is 8.78 Å². The predicted octanol–water partition coefficient (Wildman–Crippen LogP) is 2.91. The van der Waals surface area contributed by atoms with Crippen LogP contribution >= 0.6 is 0 Å². The van der Waals surface area contributed by atoms with E-state index in [1.165, 1.54) is 6.07 Å². The van der Waals surface area contributed by atoms with Gasteiger partial charge in [0.05, 0.1) is 12.1 Å². The Morgan fingerprint density at radius 1 is 1.38 bits per heavy atom. The van der Waals surface area contributed by atoms with Crippen molar-refractivity contribution >= 4 is 5.96 Å². The van der Waals surface area contributed by atoms with E-state index in [0.29, 0.717) is 24.6 Å². The molecule has 0 bridgehead atoms. The number of para-hydroxylation sites is 1. The van der Waals surface area contributed by atoms with Gasteiger partial charge in [0, 0.05) is 25.3 Å². The zero-order valence-electron chi connectivity index (χ0n) is 14.1. The zero-order valence-corrected chi connectivity index (χ0v) is 14.1. The van der Waals surface area contributed by atoms with E-state index in [9.17, 15) is 8.78 Å². The van der Waals surface area contributed by atoms with Gasteiger partial charge in [0.1, 0.15) is 5.75 Å². The molecule has 1 atom stereocenters. The summed E-state index contributed by atoms with van der Waals surface area (Å²) in [6, 6.07) is 6.68. The van der Waals surface area contributed by atoms with Gasteiger partial charge in [-0.05, 0) is 32.8 Å². The molecular weight excluding hydrogens is 316 g/mol. The minimum atomic E-state index is -2.85. The molecule has 2 rings (SSSR count). The van der Waals surface area contributed by atoms with Crippen LogP contribution in [0.5, 0.6) is 5.75 Å². The van der Waals surface area contributed by atoms with Crippen LogP contribution in [0.25, 0.3) is 0 Å². The summed E-state index contributed by atoms with van der Waals surface area (Å²) in [4.78, 5) is 4.46. The van der Waals surface area contributed by atoms with Crippen molar-refractivity contribution in [1.29, 1.82) is 0 Å². The first-order chi connectivity index (χ1) is 11.5. The van der Waals surface area contributed by atoms with Gasteiger partial charge in [0.2, 0.25) is 0 Å². The van der Waals surface area contributed by atoms with Crippen LogP contribution in [-0.2, 0) is 11.3 Å². The fourth-order valence-electron chi connectivity index (χ4n) is 2.60. The molecule has 0 amide bonds. The molecule has 5 nitrogen and oxygen atoms in total. The quantitative estimate of drug-likeness (QED) is 0.591. The lowest BCUT2D eigenvalue weighted by atomic mass is 10.0. The summed E-state index contributed by atoms with van der Waals surface area (Å²) in [6.07, 6.45) is 2.06. The molecule has 1 unspecified atom stereocenters. The van der Waals surface area contributed by atoms with Gasteiger partial charge in [-0.1, -0.05) is 18.2 Å². The normalized spacial score (nSPS) is 21.1. The first-order valence-corrected chi connectivity index (χ1v) is 8.21. The van der Waals surface area contributed by atoms with Crippen LogP contribution in [0.3, 0.4) is 0 Å². The molecule has 0 aromatic heterocycles. The summed E-state index contributed by atoms with van der Waals surface area (Å²) >= 11 is 0. The van der Waals surface area contributed by atoms with E-state index < -0.39 is 6.61 Å². The number of halogens is 2. The number of ether oxygens (including phenoxy) is 2. The van der Waals surface area contributed by atoms with Gasteiger partial charge in [0.15, 0.2) is 5.96 Å². The maximum absolute atomic E-state index is 12.5. The van der Waals surface area contributed by atoms with E-state index in [0.717, 1.165) is 19.4 Å². The minimum Gasteiger partial charge on any atom is -0.434 e. The highest BCUT2D eigenvalue weighted by Gasteiger charge is 2.29. The average Bonchev–Trinajstić information content (AvgIpc) is 2.98. The molecule has 0 radical (unpaired) electrons. The highest BCUT2D eigenvalue weighted by molar-refractivity contribution is 5.79. The van der Waals surface area contributed by atoms with Crippen LogP contribution in [-0.4, -0.2) is 37.9 Å². The number of hydrogen-bond acceptors (Lipinski definition) is 3. The second kappa shape index (κ2) is 8.82. The summed E-state index contributed by atoms with van der Waals surface area (Å²) in [5.74, 6) is 0.777. The third kappa shape index (κ3) is 5.63. The van der Waals surface area contributed by atoms with Crippen molar-refractivity contribution < 1.29 is 18.3 Å². The molecule has 1 aliphatic heterocycles. The molecule has 134 valence electrons. The second-order valence-corrected chi connectivity index (χ2v) is 5.94. The molecule has 2 N–H and O–H groups in total. The van der Waals surface area contributed by atoms with E-state index >= 15 is 0 Å². The maximum atomic E-state index is 12.5. The lowest BCUT2D eigenvalue weighted by Crippen LogP contribution is -2.45. The zero-order chi connectivity index (χ0) is 17.4. The van der Waals surface area contributed by atoms with Gasteiger partial charge < -0.3 is 20.1 Å². The minimum absolute atomic E-state index is 0.151. The van der Waals surface area contributed by atoms with Gasteiger partial charge >= 0.3 is 6.61 Å². The van der Waals surface area contributed by atoms with Crippen molar-refractivity contribution in [2.24, 2.45) is 4.99 Å². The van der Waals surface area contributed by atoms with E-state index in [-0.39, 0.29) is 17.9 Å².